The molecule has 0 aromatic heterocycles. The van der Waals surface area contributed by atoms with Crippen LogP contribution in [0.25, 0.3) is 0 Å². The normalized spacial score (nSPS) is 17.2. The Labute approximate surface area is 112 Å². The Morgan fingerprint density at radius 1 is 1.37 bits per heavy atom. The Hall–Kier alpha value is -1.56. The largest absolute Gasteiger partial charge is 0.492 e. The molecule has 0 saturated carbocycles. The topological polar surface area (TPSA) is 76.0 Å². The Bertz CT molecular complexity index is 593. The second-order valence-corrected chi connectivity index (χ2v) is 6.92. The molecule has 2 rings (SSSR count). The molecule has 104 valence electrons. The fraction of sp³-hybridized carbons (Fsp3) is 0.462. The van der Waals surface area contributed by atoms with Crippen molar-refractivity contribution < 1.29 is 18.4 Å². The van der Waals surface area contributed by atoms with Crippen LogP contribution in [0.3, 0.4) is 0 Å². The maximum Gasteiger partial charge on any atom is 0.150 e. The van der Waals surface area contributed by atoms with Crippen molar-refractivity contribution in [2.45, 2.75) is 19.3 Å². The Morgan fingerprint density at radius 2 is 2.16 bits per heavy atom. The highest BCUT2D eigenvalue weighted by molar-refractivity contribution is 7.90. The highest BCUT2D eigenvalue weighted by Gasteiger charge is 2.19. The summed E-state index contributed by atoms with van der Waals surface area (Å²) in [5, 5.41) is 12.3. The zero-order chi connectivity index (χ0) is 13.9. The first-order chi connectivity index (χ1) is 9.01. The lowest BCUT2D eigenvalue weighted by Crippen LogP contribution is -2.16. The zero-order valence-electron chi connectivity index (χ0n) is 10.8. The average Bonchev–Trinajstić information content (AvgIpc) is 2.37. The van der Waals surface area contributed by atoms with Crippen LogP contribution in [-0.4, -0.2) is 38.0 Å². The van der Waals surface area contributed by atoms with Gasteiger partial charge in [-0.2, -0.15) is 0 Å². The lowest BCUT2D eigenvalue weighted by molar-refractivity contribution is 0.317. The summed E-state index contributed by atoms with van der Waals surface area (Å²) in [5.74, 6) is 0.680. The molecular formula is C13H17NO4S. The van der Waals surface area contributed by atoms with E-state index in [-0.39, 0.29) is 12.4 Å². The summed E-state index contributed by atoms with van der Waals surface area (Å²) >= 11 is 0. The molecule has 0 fully saturated rings. The van der Waals surface area contributed by atoms with Crippen LogP contribution in [0, 0.1) is 0 Å². The molecule has 1 aliphatic carbocycles. The first-order valence-electron chi connectivity index (χ1n) is 6.15. The third-order valence-corrected chi connectivity index (χ3v) is 4.02. The Morgan fingerprint density at radius 3 is 2.84 bits per heavy atom. The highest BCUT2D eigenvalue weighted by atomic mass is 32.2. The van der Waals surface area contributed by atoms with Crippen molar-refractivity contribution in [3.05, 3.63) is 29.3 Å². The van der Waals surface area contributed by atoms with E-state index in [4.69, 9.17) is 9.94 Å². The van der Waals surface area contributed by atoms with Gasteiger partial charge in [-0.1, -0.05) is 17.3 Å². The molecule has 1 aromatic carbocycles. The van der Waals surface area contributed by atoms with Gasteiger partial charge in [0, 0.05) is 17.4 Å². The van der Waals surface area contributed by atoms with Crippen molar-refractivity contribution in [3.63, 3.8) is 0 Å². The summed E-state index contributed by atoms with van der Waals surface area (Å²) in [4.78, 5) is 0. The molecule has 0 spiro atoms. The van der Waals surface area contributed by atoms with Crippen LogP contribution in [-0.2, 0) is 16.3 Å². The highest BCUT2D eigenvalue weighted by Crippen LogP contribution is 2.29. The molecule has 5 nitrogen and oxygen atoms in total. The number of hydrogen-bond acceptors (Lipinski definition) is 5. The van der Waals surface area contributed by atoms with Crippen molar-refractivity contribution in [1.29, 1.82) is 0 Å². The average molecular weight is 283 g/mol. The number of rotatable bonds is 4. The summed E-state index contributed by atoms with van der Waals surface area (Å²) in [7, 11) is -3.02. The summed E-state index contributed by atoms with van der Waals surface area (Å²) < 4.78 is 27.7. The van der Waals surface area contributed by atoms with Gasteiger partial charge in [0.15, 0.2) is 9.84 Å². The van der Waals surface area contributed by atoms with E-state index in [2.05, 4.69) is 5.16 Å². The van der Waals surface area contributed by atoms with Gasteiger partial charge in [0.2, 0.25) is 0 Å². The molecule has 6 heteroatoms. The van der Waals surface area contributed by atoms with Crippen LogP contribution >= 0.6 is 0 Å². The second kappa shape index (κ2) is 5.61. The molecular weight excluding hydrogens is 266 g/mol. The van der Waals surface area contributed by atoms with Gasteiger partial charge in [0.1, 0.15) is 12.4 Å². The van der Waals surface area contributed by atoms with Gasteiger partial charge in [0.05, 0.1) is 11.5 Å². The fourth-order valence-corrected chi connectivity index (χ4v) is 2.59. The smallest absolute Gasteiger partial charge is 0.150 e. The number of benzene rings is 1. The van der Waals surface area contributed by atoms with Crippen LogP contribution in [0.5, 0.6) is 5.75 Å². The molecule has 0 amide bonds. The molecule has 0 heterocycles. The van der Waals surface area contributed by atoms with Gasteiger partial charge < -0.3 is 9.94 Å². The van der Waals surface area contributed by atoms with Gasteiger partial charge >= 0.3 is 0 Å². The minimum Gasteiger partial charge on any atom is -0.492 e. The summed E-state index contributed by atoms with van der Waals surface area (Å²) in [5.41, 5.74) is 2.55. The SMILES string of the molecule is CS(=O)(=O)CCOc1cccc2c1CCCC2=NO. The summed E-state index contributed by atoms with van der Waals surface area (Å²) in [6, 6.07) is 5.54. The maximum absolute atomic E-state index is 11.1. The standard InChI is InChI=1S/C13H17NO4S/c1-19(16,17)9-8-18-13-7-3-4-10-11(13)5-2-6-12(10)14-15/h3-4,7,15H,2,5-6,8-9H2,1H3. The molecule has 1 aromatic rings. The van der Waals surface area contributed by atoms with E-state index in [1.54, 1.807) is 0 Å². The van der Waals surface area contributed by atoms with E-state index < -0.39 is 9.84 Å². The van der Waals surface area contributed by atoms with Crippen molar-refractivity contribution in [1.82, 2.24) is 0 Å². The van der Waals surface area contributed by atoms with E-state index in [0.717, 1.165) is 30.4 Å². The van der Waals surface area contributed by atoms with E-state index in [9.17, 15) is 8.42 Å². The minimum absolute atomic E-state index is 0.00237. The molecule has 0 saturated heterocycles. The van der Waals surface area contributed by atoms with Gasteiger partial charge in [-0.3, -0.25) is 0 Å². The van der Waals surface area contributed by atoms with Crippen LogP contribution in [0.4, 0.5) is 0 Å². The molecule has 0 aliphatic heterocycles. The van der Waals surface area contributed by atoms with Crippen LogP contribution in [0.1, 0.15) is 24.0 Å². The quantitative estimate of drug-likeness (QED) is 0.673. The van der Waals surface area contributed by atoms with Crippen molar-refractivity contribution in [2.24, 2.45) is 5.16 Å². The van der Waals surface area contributed by atoms with E-state index >= 15 is 0 Å². The molecule has 0 bridgehead atoms. The number of fused-ring (bicyclic) bond motifs is 1. The van der Waals surface area contributed by atoms with Crippen molar-refractivity contribution >= 4 is 15.5 Å². The number of oxime groups is 1. The lowest BCUT2D eigenvalue weighted by atomic mass is 9.89. The Balaban J connectivity index is 2.19. The minimum atomic E-state index is -3.02. The fourth-order valence-electron chi connectivity index (χ4n) is 2.20. The third-order valence-electron chi connectivity index (χ3n) is 3.12. The number of nitrogens with zero attached hydrogens (tertiary/aromatic N) is 1. The number of ether oxygens (including phenoxy) is 1. The monoisotopic (exact) mass is 283 g/mol. The first-order valence-corrected chi connectivity index (χ1v) is 8.21. The predicted molar refractivity (Wildman–Crippen MR) is 72.9 cm³/mol. The summed E-state index contributed by atoms with van der Waals surface area (Å²) in [6.45, 7) is 0.140. The third kappa shape index (κ3) is 3.47. The zero-order valence-corrected chi connectivity index (χ0v) is 11.6. The van der Waals surface area contributed by atoms with Gasteiger partial charge in [-0.25, -0.2) is 8.42 Å². The first kappa shape index (κ1) is 13.9. The van der Waals surface area contributed by atoms with E-state index in [0.29, 0.717) is 11.5 Å². The number of hydrogen-bond donors (Lipinski definition) is 1. The molecule has 1 N–H and O–H groups in total. The Kier molecular flexibility index (Phi) is 4.09. The second-order valence-electron chi connectivity index (χ2n) is 4.66. The lowest BCUT2D eigenvalue weighted by Gasteiger charge is -2.20. The molecule has 19 heavy (non-hydrogen) atoms. The van der Waals surface area contributed by atoms with Crippen LogP contribution in [0.15, 0.2) is 23.4 Å². The predicted octanol–water partition coefficient (Wildman–Crippen LogP) is 1.62. The van der Waals surface area contributed by atoms with Crippen molar-refractivity contribution in [3.8, 4) is 5.75 Å². The molecule has 0 radical (unpaired) electrons. The molecule has 0 unspecified atom stereocenters. The molecule has 0 atom stereocenters. The van der Waals surface area contributed by atoms with E-state index in [1.807, 2.05) is 18.2 Å². The van der Waals surface area contributed by atoms with Gasteiger partial charge in [0.25, 0.3) is 0 Å². The van der Waals surface area contributed by atoms with Crippen LogP contribution < -0.4 is 4.74 Å². The maximum atomic E-state index is 11.1. The van der Waals surface area contributed by atoms with Crippen LogP contribution in [0.2, 0.25) is 0 Å². The van der Waals surface area contributed by atoms with Crippen molar-refractivity contribution in [2.75, 3.05) is 18.6 Å². The summed E-state index contributed by atoms with van der Waals surface area (Å²) in [6.07, 6.45) is 3.69. The van der Waals surface area contributed by atoms with Gasteiger partial charge in [-0.15, -0.1) is 0 Å². The van der Waals surface area contributed by atoms with E-state index in [1.165, 1.54) is 6.26 Å². The van der Waals surface area contributed by atoms with Gasteiger partial charge in [-0.05, 0) is 25.3 Å². The number of sulfone groups is 1. The molecule has 1 aliphatic rings.